The molecule has 178 valence electrons. The molecule has 8 atom stereocenters. The van der Waals surface area contributed by atoms with E-state index >= 15 is 4.39 Å². The molecule has 0 saturated heterocycles. The van der Waals surface area contributed by atoms with Crippen LogP contribution in [0.5, 0.6) is 0 Å². The smallest absolute Gasteiger partial charge is 0.390 e. The predicted molar refractivity (Wildman–Crippen MR) is 111 cm³/mol. The van der Waals surface area contributed by atoms with Crippen LogP contribution in [0.15, 0.2) is 23.8 Å². The Balaban J connectivity index is 1.74. The van der Waals surface area contributed by atoms with Gasteiger partial charge in [0.05, 0.1) is 12.7 Å². The number of carbonyl (C=O) groups excluding carboxylic acids is 2. The summed E-state index contributed by atoms with van der Waals surface area (Å²) in [5.74, 6) is -2.85. The average molecular weight is 472 g/mol. The summed E-state index contributed by atoms with van der Waals surface area (Å²) in [4.78, 5) is 43.6. The van der Waals surface area contributed by atoms with Gasteiger partial charge in [-0.05, 0) is 56.6 Å². The van der Waals surface area contributed by atoms with Gasteiger partial charge in [-0.3, -0.25) is 14.1 Å². The van der Waals surface area contributed by atoms with Crippen LogP contribution in [0.4, 0.5) is 4.39 Å². The van der Waals surface area contributed by atoms with Gasteiger partial charge in [0.1, 0.15) is 5.60 Å². The van der Waals surface area contributed by atoms with E-state index in [1.807, 2.05) is 0 Å². The van der Waals surface area contributed by atoms with Gasteiger partial charge < -0.3 is 20.0 Å². The molecule has 1 unspecified atom stereocenters. The second-order valence-electron chi connectivity index (χ2n) is 10.4. The van der Waals surface area contributed by atoms with Gasteiger partial charge in [0.25, 0.3) is 0 Å². The van der Waals surface area contributed by atoms with Gasteiger partial charge in [0.2, 0.25) is 0 Å². The monoisotopic (exact) mass is 472 g/mol. The van der Waals surface area contributed by atoms with Crippen LogP contribution < -0.4 is 0 Å². The highest BCUT2D eigenvalue weighted by atomic mass is 31.2. The van der Waals surface area contributed by atoms with E-state index in [-0.39, 0.29) is 18.6 Å². The van der Waals surface area contributed by atoms with E-state index in [4.69, 9.17) is 9.79 Å². The topological polar surface area (TPSA) is 141 Å². The normalized spacial score (nSPS) is 48.6. The molecule has 0 aromatic rings. The molecule has 3 fully saturated rings. The van der Waals surface area contributed by atoms with Crippen molar-refractivity contribution >= 4 is 19.4 Å². The minimum atomic E-state index is -4.93. The van der Waals surface area contributed by atoms with Crippen LogP contribution in [0.3, 0.4) is 0 Å². The Kier molecular flexibility index (Phi) is 5.34. The minimum absolute atomic E-state index is 0.216. The van der Waals surface area contributed by atoms with Crippen molar-refractivity contribution in [3.63, 3.8) is 0 Å². The Labute approximate surface area is 185 Å². The maximum absolute atomic E-state index is 17.0. The lowest BCUT2D eigenvalue weighted by Gasteiger charge is -2.64. The highest BCUT2D eigenvalue weighted by molar-refractivity contribution is 7.46. The summed E-state index contributed by atoms with van der Waals surface area (Å²) < 4.78 is 32.7. The highest BCUT2D eigenvalue weighted by Crippen LogP contribution is 2.67. The van der Waals surface area contributed by atoms with E-state index in [1.165, 1.54) is 18.2 Å². The summed E-state index contributed by atoms with van der Waals surface area (Å²) in [5, 5.41) is 22.3. The van der Waals surface area contributed by atoms with Crippen molar-refractivity contribution in [2.24, 2.45) is 28.6 Å². The number of carbonyl (C=O) groups is 2. The molecule has 8 nitrogen and oxygen atoms in total. The molecule has 0 radical (unpaired) electrons. The molecule has 32 heavy (non-hydrogen) atoms. The van der Waals surface area contributed by atoms with Crippen molar-refractivity contribution in [2.45, 2.75) is 63.8 Å². The van der Waals surface area contributed by atoms with E-state index in [9.17, 15) is 24.4 Å². The molecule has 0 heterocycles. The lowest BCUT2D eigenvalue weighted by molar-refractivity contribution is -0.225. The SMILES string of the molecule is C[C@H]1C[C@H]2[C@@H]3CCC4=CC(=O)C=C[C@]4(C)[C@@]3(F)[C@@H](O)C[C@]2(C)C(=O)C1(O)COP(=O)(O)O. The summed E-state index contributed by atoms with van der Waals surface area (Å²) in [5.41, 5.74) is -6.12. The molecule has 0 aliphatic heterocycles. The number of fused-ring (bicyclic) bond motifs is 5. The van der Waals surface area contributed by atoms with Crippen LogP contribution in [0.25, 0.3) is 0 Å². The first-order chi connectivity index (χ1) is 14.6. The number of rotatable bonds is 3. The van der Waals surface area contributed by atoms with Gasteiger partial charge in [0, 0.05) is 16.7 Å². The number of ketones is 2. The maximum Gasteiger partial charge on any atom is 0.469 e. The molecule has 0 bridgehead atoms. The Morgan fingerprint density at radius 3 is 2.53 bits per heavy atom. The number of aliphatic hydroxyl groups is 2. The van der Waals surface area contributed by atoms with Crippen molar-refractivity contribution in [3.8, 4) is 0 Å². The Morgan fingerprint density at radius 1 is 1.25 bits per heavy atom. The summed E-state index contributed by atoms with van der Waals surface area (Å²) in [7, 11) is -4.93. The second-order valence-corrected chi connectivity index (χ2v) is 11.7. The number of allylic oxidation sites excluding steroid dienone is 4. The molecule has 3 saturated carbocycles. The number of Topliss-reactive ketones (excluding diaryl/α,β-unsaturated/α-hetero) is 1. The molecular formula is C22H30FO8P. The zero-order valence-corrected chi connectivity index (χ0v) is 19.2. The fourth-order valence-electron chi connectivity index (χ4n) is 6.94. The van der Waals surface area contributed by atoms with Crippen LogP contribution in [-0.2, 0) is 18.7 Å². The zero-order chi connectivity index (χ0) is 23.9. The third-order valence-electron chi connectivity index (χ3n) is 8.82. The standard InChI is InChI=1S/C22H30FO8P/c1-12-8-16-15-5-4-13-9-14(24)6-7-20(13,3)22(15,23)17(25)10-19(16,2)18(26)21(12,27)11-31-32(28,29)30/h6-7,9,12,15-17,25,27H,4-5,8,10-11H2,1-3H3,(H2,28,29,30)/t12-,15-,16-,17-,19-,20-,21?,22-/m0/s1. The molecule has 10 heteroatoms. The fraction of sp³-hybridized carbons (Fsp3) is 0.727. The van der Waals surface area contributed by atoms with Crippen LogP contribution in [0, 0.1) is 28.6 Å². The first-order valence-electron chi connectivity index (χ1n) is 10.9. The fourth-order valence-corrected chi connectivity index (χ4v) is 7.31. The molecule has 4 N–H and O–H groups in total. The van der Waals surface area contributed by atoms with E-state index in [0.717, 1.165) is 0 Å². The number of hydrogen-bond donors (Lipinski definition) is 4. The quantitative estimate of drug-likeness (QED) is 0.457. The van der Waals surface area contributed by atoms with E-state index in [0.29, 0.717) is 18.4 Å². The number of alkyl halides is 1. The first kappa shape index (κ1) is 23.9. The first-order valence-corrected chi connectivity index (χ1v) is 12.4. The van der Waals surface area contributed by atoms with Crippen LogP contribution in [0.1, 0.15) is 46.5 Å². The van der Waals surface area contributed by atoms with E-state index in [2.05, 4.69) is 4.52 Å². The van der Waals surface area contributed by atoms with Crippen molar-refractivity contribution in [3.05, 3.63) is 23.8 Å². The number of aliphatic hydroxyl groups excluding tert-OH is 1. The molecule has 0 amide bonds. The second kappa shape index (κ2) is 7.14. The highest BCUT2D eigenvalue weighted by Gasteiger charge is 2.72. The van der Waals surface area contributed by atoms with Crippen molar-refractivity contribution in [2.75, 3.05) is 6.61 Å². The lowest BCUT2D eigenvalue weighted by Crippen LogP contribution is -2.72. The average Bonchev–Trinajstić information content (AvgIpc) is 2.69. The summed E-state index contributed by atoms with van der Waals surface area (Å²) in [6, 6.07) is 0. The van der Waals surface area contributed by atoms with E-state index in [1.54, 1.807) is 20.8 Å². The minimum Gasteiger partial charge on any atom is -0.390 e. The van der Waals surface area contributed by atoms with Gasteiger partial charge in [-0.25, -0.2) is 8.96 Å². The van der Waals surface area contributed by atoms with Crippen molar-refractivity contribution in [1.29, 1.82) is 0 Å². The summed E-state index contributed by atoms with van der Waals surface area (Å²) >= 11 is 0. The third kappa shape index (κ3) is 3.09. The van der Waals surface area contributed by atoms with Crippen LogP contribution in [0.2, 0.25) is 0 Å². The van der Waals surface area contributed by atoms with Gasteiger partial charge >= 0.3 is 7.82 Å². The number of halogens is 1. The number of phosphoric ester groups is 1. The number of hydrogen-bond acceptors (Lipinski definition) is 6. The molecule has 0 spiro atoms. The molecular weight excluding hydrogens is 442 g/mol. The Morgan fingerprint density at radius 2 is 1.91 bits per heavy atom. The number of phosphoric acid groups is 1. The Hall–Kier alpha value is -1.22. The third-order valence-corrected chi connectivity index (χ3v) is 9.28. The largest absolute Gasteiger partial charge is 0.469 e. The zero-order valence-electron chi connectivity index (χ0n) is 18.3. The summed E-state index contributed by atoms with van der Waals surface area (Å²) in [6.45, 7) is 3.97. The van der Waals surface area contributed by atoms with Gasteiger partial charge in [0.15, 0.2) is 17.2 Å². The van der Waals surface area contributed by atoms with Crippen LogP contribution in [-0.4, -0.2) is 55.5 Å². The Bertz CT molecular complexity index is 973. The molecule has 0 aromatic heterocycles. The molecule has 4 rings (SSSR count). The maximum atomic E-state index is 17.0. The molecule has 0 aromatic carbocycles. The molecule has 4 aliphatic rings. The van der Waals surface area contributed by atoms with Gasteiger partial charge in [-0.1, -0.05) is 25.5 Å². The molecule has 4 aliphatic carbocycles. The lowest BCUT2D eigenvalue weighted by atomic mass is 9.41. The van der Waals surface area contributed by atoms with Crippen molar-refractivity contribution < 1.29 is 43.1 Å². The van der Waals surface area contributed by atoms with Gasteiger partial charge in [-0.15, -0.1) is 0 Å². The van der Waals surface area contributed by atoms with Gasteiger partial charge in [-0.2, -0.15) is 0 Å². The van der Waals surface area contributed by atoms with Crippen molar-refractivity contribution in [1.82, 2.24) is 0 Å². The predicted octanol–water partition coefficient (Wildman–Crippen LogP) is 2.01. The van der Waals surface area contributed by atoms with E-state index < -0.39 is 66.2 Å². The summed E-state index contributed by atoms with van der Waals surface area (Å²) in [6.07, 6.45) is 3.52. The van der Waals surface area contributed by atoms with Crippen LogP contribution >= 0.6 is 7.82 Å².